The van der Waals surface area contributed by atoms with Crippen molar-refractivity contribution >= 4 is 11.7 Å². The minimum absolute atomic E-state index is 0.0574. The van der Waals surface area contributed by atoms with Crippen LogP contribution in [0.4, 0.5) is 0 Å². The average molecular weight is 341 g/mol. The van der Waals surface area contributed by atoms with Crippen molar-refractivity contribution in [1.29, 1.82) is 0 Å². The lowest BCUT2D eigenvalue weighted by atomic mass is 9.96. The van der Waals surface area contributed by atoms with Gasteiger partial charge in [-0.3, -0.25) is 9.59 Å². The number of hydrogen-bond donors (Lipinski definition) is 4. The molecule has 6 heteroatoms. The van der Waals surface area contributed by atoms with Crippen LogP contribution in [0.15, 0.2) is 12.4 Å². The van der Waals surface area contributed by atoms with E-state index in [1.165, 1.54) is 0 Å². The van der Waals surface area contributed by atoms with E-state index in [4.69, 9.17) is 5.73 Å². The summed E-state index contributed by atoms with van der Waals surface area (Å²) in [6, 6.07) is -0.586. The van der Waals surface area contributed by atoms with E-state index in [-0.39, 0.29) is 35.6 Å². The quantitative estimate of drug-likeness (QED) is 0.404. The van der Waals surface area contributed by atoms with Crippen LogP contribution in [0, 0.1) is 11.8 Å². The van der Waals surface area contributed by atoms with Gasteiger partial charge >= 0.3 is 0 Å². The molecular weight excluding hydrogens is 304 g/mol. The Labute approximate surface area is 147 Å². The number of Topliss-reactive ketones (excluding diaryl/α,β-unsaturated/α-hetero) is 1. The fourth-order valence-electron chi connectivity index (χ4n) is 2.43. The number of ketones is 1. The van der Waals surface area contributed by atoms with Gasteiger partial charge in [-0.15, -0.1) is 0 Å². The minimum atomic E-state index is -0.472. The molecule has 0 saturated carbocycles. The maximum absolute atomic E-state index is 12.6. The first-order chi connectivity index (χ1) is 11.1. The maximum Gasteiger partial charge on any atom is 0.237 e. The third-order valence-corrected chi connectivity index (χ3v) is 3.71. The number of amides is 1. The first kappa shape index (κ1) is 22.4. The second kappa shape index (κ2) is 11.1. The molecule has 2 atom stereocenters. The van der Waals surface area contributed by atoms with Gasteiger partial charge in [-0.25, -0.2) is 0 Å². The Bertz CT molecular complexity index is 419. The van der Waals surface area contributed by atoms with Crippen LogP contribution in [0.2, 0.25) is 0 Å². The summed E-state index contributed by atoms with van der Waals surface area (Å²) in [4.78, 5) is 25.0. The highest BCUT2D eigenvalue weighted by Crippen LogP contribution is 2.09. The van der Waals surface area contributed by atoms with Gasteiger partial charge in [-0.2, -0.15) is 0 Å². The molecule has 0 aromatic rings. The van der Waals surface area contributed by atoms with Crippen LogP contribution in [-0.2, 0) is 9.59 Å². The molecule has 0 heterocycles. The molecule has 0 radical (unpaired) electrons. The average Bonchev–Trinajstić information content (AvgIpc) is 2.45. The molecule has 6 nitrogen and oxygen atoms in total. The van der Waals surface area contributed by atoms with E-state index in [0.29, 0.717) is 18.8 Å². The summed E-state index contributed by atoms with van der Waals surface area (Å²) >= 11 is 0. The smallest absolute Gasteiger partial charge is 0.237 e. The molecule has 0 aromatic heterocycles. The van der Waals surface area contributed by atoms with Crippen LogP contribution in [0.5, 0.6) is 0 Å². The molecule has 140 valence electrons. The molecule has 0 aliphatic rings. The van der Waals surface area contributed by atoms with Gasteiger partial charge in [0.15, 0.2) is 5.78 Å². The summed E-state index contributed by atoms with van der Waals surface area (Å²) in [6.45, 7) is 15.9. The predicted molar refractivity (Wildman–Crippen MR) is 99.2 cm³/mol. The molecule has 0 spiro atoms. The van der Waals surface area contributed by atoms with Gasteiger partial charge in [-0.1, -0.05) is 48.1 Å². The van der Waals surface area contributed by atoms with Crippen LogP contribution in [0.3, 0.4) is 0 Å². The summed E-state index contributed by atoms with van der Waals surface area (Å²) in [6.07, 6.45) is 1.30. The Hall–Kier alpha value is -1.56. The molecule has 1 amide bonds. The third-order valence-electron chi connectivity index (χ3n) is 3.71. The molecular formula is C18H36N4O2. The van der Waals surface area contributed by atoms with Gasteiger partial charge in [-0.05, 0) is 18.8 Å². The van der Waals surface area contributed by atoms with Gasteiger partial charge in [0.05, 0.1) is 17.9 Å². The summed E-state index contributed by atoms with van der Waals surface area (Å²) in [7, 11) is 0. The second-order valence-electron chi connectivity index (χ2n) is 7.26. The first-order valence-electron chi connectivity index (χ1n) is 8.84. The van der Waals surface area contributed by atoms with Crippen LogP contribution < -0.4 is 21.7 Å². The fourth-order valence-corrected chi connectivity index (χ4v) is 2.43. The van der Waals surface area contributed by atoms with Crippen LogP contribution >= 0.6 is 0 Å². The topological polar surface area (TPSA) is 96.2 Å². The van der Waals surface area contributed by atoms with E-state index in [2.05, 4.69) is 22.5 Å². The van der Waals surface area contributed by atoms with Gasteiger partial charge in [0, 0.05) is 18.5 Å². The first-order valence-corrected chi connectivity index (χ1v) is 8.84. The third kappa shape index (κ3) is 8.91. The predicted octanol–water partition coefficient (Wildman–Crippen LogP) is 1.52. The Morgan fingerprint density at radius 3 is 2.08 bits per heavy atom. The molecule has 0 fully saturated rings. The molecule has 5 N–H and O–H groups in total. The Morgan fingerprint density at radius 1 is 1.08 bits per heavy atom. The lowest BCUT2D eigenvalue weighted by Gasteiger charge is -2.27. The highest BCUT2D eigenvalue weighted by Gasteiger charge is 2.28. The number of hydrogen-bond acceptors (Lipinski definition) is 5. The van der Waals surface area contributed by atoms with Crippen LogP contribution in [0.25, 0.3) is 0 Å². The number of nitrogens with one attached hydrogen (secondary N) is 3. The largest absolute Gasteiger partial charge is 0.386 e. The summed E-state index contributed by atoms with van der Waals surface area (Å²) in [5.41, 5.74) is 5.47. The van der Waals surface area contributed by atoms with Gasteiger partial charge in [0.25, 0.3) is 0 Å². The van der Waals surface area contributed by atoms with Gasteiger partial charge in [0.1, 0.15) is 0 Å². The van der Waals surface area contributed by atoms with Crippen molar-refractivity contribution in [1.82, 2.24) is 16.0 Å². The van der Waals surface area contributed by atoms with Gasteiger partial charge in [0.2, 0.25) is 5.91 Å². The van der Waals surface area contributed by atoms with Crippen molar-refractivity contribution in [3.05, 3.63) is 12.4 Å². The number of carbonyl (C=O) groups excluding carboxylic acids is 2. The summed E-state index contributed by atoms with van der Waals surface area (Å²) < 4.78 is 0. The van der Waals surface area contributed by atoms with E-state index in [0.717, 1.165) is 6.42 Å². The van der Waals surface area contributed by atoms with E-state index >= 15 is 0 Å². The molecule has 24 heavy (non-hydrogen) atoms. The second-order valence-corrected chi connectivity index (χ2v) is 7.26. The molecule has 0 rings (SSSR count). The monoisotopic (exact) mass is 340 g/mol. The Morgan fingerprint density at radius 2 is 1.67 bits per heavy atom. The van der Waals surface area contributed by atoms with Crippen molar-refractivity contribution in [2.24, 2.45) is 17.6 Å². The zero-order valence-electron chi connectivity index (χ0n) is 16.1. The fraction of sp³-hybridized carbons (Fsp3) is 0.778. The maximum atomic E-state index is 12.6. The highest BCUT2D eigenvalue weighted by molar-refractivity contribution is 5.91. The van der Waals surface area contributed by atoms with Crippen molar-refractivity contribution in [2.45, 2.75) is 72.5 Å². The zero-order valence-corrected chi connectivity index (χ0v) is 16.1. The molecule has 0 bridgehead atoms. The van der Waals surface area contributed by atoms with E-state index in [1.54, 1.807) is 0 Å². The van der Waals surface area contributed by atoms with E-state index in [1.807, 2.05) is 41.5 Å². The zero-order chi connectivity index (χ0) is 18.9. The van der Waals surface area contributed by atoms with E-state index in [9.17, 15) is 9.59 Å². The van der Waals surface area contributed by atoms with Crippen LogP contribution in [0.1, 0.15) is 54.4 Å². The van der Waals surface area contributed by atoms with Crippen molar-refractivity contribution < 1.29 is 9.59 Å². The summed E-state index contributed by atoms with van der Waals surface area (Å²) in [5.74, 6) is 0.371. The lowest BCUT2D eigenvalue weighted by molar-refractivity contribution is -0.131. The van der Waals surface area contributed by atoms with Crippen LogP contribution in [-0.4, -0.2) is 36.4 Å². The molecule has 0 saturated heterocycles. The standard InChI is InChI=1S/C18H36N4O2/c1-11(2)16(21-13(5)6)18(24)22-15(17(23)12(3)4)9-8-10-20-14(7)19/h11-13,15-16,20-21H,7-10,19H2,1-6H3,(H,22,24)/t15-,16-/m0/s1. The molecule has 0 aromatic carbocycles. The normalized spacial score (nSPS) is 13.9. The van der Waals surface area contributed by atoms with Gasteiger partial charge < -0.3 is 21.7 Å². The van der Waals surface area contributed by atoms with Crippen molar-refractivity contribution in [3.8, 4) is 0 Å². The van der Waals surface area contributed by atoms with Crippen molar-refractivity contribution in [3.63, 3.8) is 0 Å². The molecule has 0 aliphatic heterocycles. The van der Waals surface area contributed by atoms with E-state index < -0.39 is 6.04 Å². The Balaban J connectivity index is 4.85. The SMILES string of the molecule is C=C(N)NCCC[C@H](NC(=O)[C@@H](NC(C)C)C(C)C)C(=O)C(C)C. The lowest BCUT2D eigenvalue weighted by Crippen LogP contribution is -2.54. The number of rotatable bonds is 12. The Kier molecular flexibility index (Phi) is 10.4. The number of nitrogens with two attached hydrogens (primary N) is 1. The highest BCUT2D eigenvalue weighted by atomic mass is 16.2. The molecule has 0 unspecified atom stereocenters. The summed E-state index contributed by atoms with van der Waals surface area (Å²) in [5, 5.41) is 9.15. The minimum Gasteiger partial charge on any atom is -0.386 e. The van der Waals surface area contributed by atoms with Crippen molar-refractivity contribution in [2.75, 3.05) is 6.54 Å². The molecule has 0 aliphatic carbocycles. The number of carbonyl (C=O) groups is 2.